The minimum atomic E-state index is -3.38. The predicted octanol–water partition coefficient (Wildman–Crippen LogP) is 1.50. The average molecular weight is 325 g/mol. The zero-order valence-electron chi connectivity index (χ0n) is 13.7. The van der Waals surface area contributed by atoms with Crippen LogP contribution in [-0.4, -0.2) is 50.8 Å². The third-order valence-electron chi connectivity index (χ3n) is 4.43. The Bertz CT molecular complexity index is 601. The van der Waals surface area contributed by atoms with E-state index < -0.39 is 10.0 Å². The summed E-state index contributed by atoms with van der Waals surface area (Å²) in [5.74, 6) is 0.713. The van der Waals surface area contributed by atoms with Gasteiger partial charge < -0.3 is 5.73 Å². The van der Waals surface area contributed by atoms with Crippen LogP contribution in [0, 0.1) is 5.92 Å². The molecule has 0 amide bonds. The molecule has 0 saturated carbocycles. The molecule has 1 fully saturated rings. The molecule has 0 aromatic heterocycles. The van der Waals surface area contributed by atoms with Gasteiger partial charge in [0.15, 0.2) is 0 Å². The van der Waals surface area contributed by atoms with Crippen molar-refractivity contribution in [3.63, 3.8) is 0 Å². The number of benzene rings is 1. The Balaban J connectivity index is 2.17. The number of likely N-dealkylation sites (tertiary alicyclic amines) is 1. The first-order valence-electron chi connectivity index (χ1n) is 7.80. The molecule has 1 aliphatic heterocycles. The number of piperidine rings is 1. The second-order valence-corrected chi connectivity index (χ2v) is 8.58. The number of sulfonamides is 1. The van der Waals surface area contributed by atoms with Crippen LogP contribution in [0.3, 0.4) is 0 Å². The molecule has 2 unspecified atom stereocenters. The molecule has 22 heavy (non-hydrogen) atoms. The molecule has 0 bridgehead atoms. The fraction of sp³-hybridized carbons (Fsp3) is 0.625. The Labute approximate surface area is 134 Å². The molecule has 2 N–H and O–H groups in total. The van der Waals surface area contributed by atoms with Crippen LogP contribution < -0.4 is 5.73 Å². The number of nitrogens with two attached hydrogens (primary N) is 1. The van der Waals surface area contributed by atoms with E-state index in [4.69, 9.17) is 5.73 Å². The third-order valence-corrected chi connectivity index (χ3v) is 6.25. The quantitative estimate of drug-likeness (QED) is 0.891. The van der Waals surface area contributed by atoms with Gasteiger partial charge in [-0.05, 0) is 43.0 Å². The summed E-state index contributed by atoms with van der Waals surface area (Å²) in [6, 6.07) is 7.62. The molecule has 2 rings (SSSR count). The fourth-order valence-electron chi connectivity index (χ4n) is 3.00. The molecule has 124 valence electrons. The Morgan fingerprint density at radius 2 is 2.09 bits per heavy atom. The fourth-order valence-corrected chi connectivity index (χ4v) is 3.98. The summed E-state index contributed by atoms with van der Waals surface area (Å²) in [5.41, 5.74) is 6.93. The summed E-state index contributed by atoms with van der Waals surface area (Å²) in [6.07, 6.45) is 2.29. The third kappa shape index (κ3) is 3.87. The van der Waals surface area contributed by atoms with Gasteiger partial charge >= 0.3 is 0 Å². The molecule has 0 radical (unpaired) electrons. The van der Waals surface area contributed by atoms with Crippen LogP contribution in [0.5, 0.6) is 0 Å². The second kappa shape index (κ2) is 7.08. The lowest BCUT2D eigenvalue weighted by molar-refractivity contribution is 0.115. The molecular formula is C16H27N3O2S. The minimum Gasteiger partial charge on any atom is -0.329 e. The summed E-state index contributed by atoms with van der Waals surface area (Å²) in [5, 5.41) is 0. The van der Waals surface area contributed by atoms with Crippen molar-refractivity contribution in [1.29, 1.82) is 0 Å². The smallest absolute Gasteiger partial charge is 0.242 e. The normalized spacial score (nSPS) is 23.9. The van der Waals surface area contributed by atoms with Crippen LogP contribution >= 0.6 is 0 Å². The average Bonchev–Trinajstić information content (AvgIpc) is 2.49. The van der Waals surface area contributed by atoms with Crippen molar-refractivity contribution in [2.45, 2.75) is 37.2 Å². The van der Waals surface area contributed by atoms with Gasteiger partial charge in [-0.25, -0.2) is 12.7 Å². The standard InChI is InChI=1S/C16H27N3O2S/c1-13-7-8-19(15(9-13)11-17)12-14-5-4-6-16(10-14)22(20,21)18(2)3/h4-6,10,13,15H,7-9,11-12,17H2,1-3H3. The molecule has 1 aromatic rings. The highest BCUT2D eigenvalue weighted by molar-refractivity contribution is 7.89. The van der Waals surface area contributed by atoms with E-state index >= 15 is 0 Å². The maximum Gasteiger partial charge on any atom is 0.242 e. The first-order valence-corrected chi connectivity index (χ1v) is 9.24. The van der Waals surface area contributed by atoms with Gasteiger partial charge in [-0.15, -0.1) is 0 Å². The number of rotatable bonds is 5. The predicted molar refractivity (Wildman–Crippen MR) is 89.0 cm³/mol. The highest BCUT2D eigenvalue weighted by Gasteiger charge is 2.25. The van der Waals surface area contributed by atoms with E-state index in [2.05, 4.69) is 11.8 Å². The Kier molecular flexibility index (Phi) is 5.60. The SMILES string of the molecule is CC1CCN(Cc2cccc(S(=O)(=O)N(C)C)c2)C(CN)C1. The molecule has 1 heterocycles. The van der Waals surface area contributed by atoms with E-state index in [0.717, 1.165) is 25.1 Å². The maximum atomic E-state index is 12.2. The summed E-state index contributed by atoms with van der Waals surface area (Å²) >= 11 is 0. The van der Waals surface area contributed by atoms with Crippen LogP contribution in [0.4, 0.5) is 0 Å². The molecular weight excluding hydrogens is 298 g/mol. The highest BCUT2D eigenvalue weighted by atomic mass is 32.2. The van der Waals surface area contributed by atoms with Gasteiger partial charge in [0.25, 0.3) is 0 Å². The van der Waals surface area contributed by atoms with E-state index in [1.165, 1.54) is 10.7 Å². The highest BCUT2D eigenvalue weighted by Crippen LogP contribution is 2.24. The number of hydrogen-bond donors (Lipinski definition) is 1. The van der Waals surface area contributed by atoms with Crippen molar-refractivity contribution in [2.75, 3.05) is 27.2 Å². The summed E-state index contributed by atoms with van der Waals surface area (Å²) in [6.45, 7) is 4.70. The summed E-state index contributed by atoms with van der Waals surface area (Å²) in [4.78, 5) is 2.73. The van der Waals surface area contributed by atoms with E-state index in [0.29, 0.717) is 23.4 Å². The molecule has 1 aromatic carbocycles. The summed E-state index contributed by atoms with van der Waals surface area (Å²) in [7, 11) is -0.270. The van der Waals surface area contributed by atoms with Crippen molar-refractivity contribution in [3.05, 3.63) is 29.8 Å². The first kappa shape index (κ1) is 17.4. The van der Waals surface area contributed by atoms with E-state index in [-0.39, 0.29) is 0 Å². The van der Waals surface area contributed by atoms with Gasteiger partial charge in [-0.3, -0.25) is 4.90 Å². The number of hydrogen-bond acceptors (Lipinski definition) is 4. The van der Waals surface area contributed by atoms with E-state index in [1.54, 1.807) is 26.2 Å². The molecule has 0 spiro atoms. The van der Waals surface area contributed by atoms with E-state index in [1.807, 2.05) is 12.1 Å². The lowest BCUT2D eigenvalue weighted by atomic mass is 9.92. The summed E-state index contributed by atoms with van der Waals surface area (Å²) < 4.78 is 25.7. The first-order chi connectivity index (χ1) is 10.3. The topological polar surface area (TPSA) is 66.6 Å². The van der Waals surface area contributed by atoms with Gasteiger partial charge in [-0.2, -0.15) is 0 Å². The second-order valence-electron chi connectivity index (χ2n) is 6.42. The molecule has 6 heteroatoms. The van der Waals surface area contributed by atoms with Gasteiger partial charge in [-0.1, -0.05) is 19.1 Å². The van der Waals surface area contributed by atoms with Crippen LogP contribution in [-0.2, 0) is 16.6 Å². The molecule has 2 atom stereocenters. The Morgan fingerprint density at radius 3 is 2.73 bits per heavy atom. The monoisotopic (exact) mass is 325 g/mol. The maximum absolute atomic E-state index is 12.2. The van der Waals surface area contributed by atoms with E-state index in [9.17, 15) is 8.42 Å². The van der Waals surface area contributed by atoms with Crippen molar-refractivity contribution in [2.24, 2.45) is 11.7 Å². The molecule has 1 saturated heterocycles. The van der Waals surface area contributed by atoms with Crippen molar-refractivity contribution >= 4 is 10.0 Å². The van der Waals surface area contributed by atoms with Crippen molar-refractivity contribution < 1.29 is 8.42 Å². The molecule has 0 aliphatic carbocycles. The number of nitrogens with zero attached hydrogens (tertiary/aromatic N) is 2. The van der Waals surface area contributed by atoms with Gasteiger partial charge in [0.05, 0.1) is 4.90 Å². The Hall–Kier alpha value is -0.950. The Morgan fingerprint density at radius 1 is 1.36 bits per heavy atom. The zero-order chi connectivity index (χ0) is 16.3. The van der Waals surface area contributed by atoms with Gasteiger partial charge in [0.1, 0.15) is 0 Å². The molecule has 5 nitrogen and oxygen atoms in total. The van der Waals surface area contributed by atoms with Crippen molar-refractivity contribution in [1.82, 2.24) is 9.21 Å². The largest absolute Gasteiger partial charge is 0.329 e. The van der Waals surface area contributed by atoms with Crippen LogP contribution in [0.2, 0.25) is 0 Å². The molecule has 1 aliphatic rings. The van der Waals surface area contributed by atoms with Gasteiger partial charge in [0, 0.05) is 33.2 Å². The minimum absolute atomic E-state index is 0.352. The van der Waals surface area contributed by atoms with Gasteiger partial charge in [0.2, 0.25) is 10.0 Å². The zero-order valence-corrected chi connectivity index (χ0v) is 14.5. The van der Waals surface area contributed by atoms with Crippen LogP contribution in [0.1, 0.15) is 25.3 Å². The van der Waals surface area contributed by atoms with Crippen LogP contribution in [0.15, 0.2) is 29.2 Å². The van der Waals surface area contributed by atoms with Crippen molar-refractivity contribution in [3.8, 4) is 0 Å². The lowest BCUT2D eigenvalue weighted by Crippen LogP contribution is -2.45. The lowest BCUT2D eigenvalue weighted by Gasteiger charge is -2.38. The van der Waals surface area contributed by atoms with Crippen LogP contribution in [0.25, 0.3) is 0 Å².